The topological polar surface area (TPSA) is 58.6 Å². The summed E-state index contributed by atoms with van der Waals surface area (Å²) in [4.78, 5) is 9.17. The molecule has 0 aliphatic rings. The van der Waals surface area contributed by atoms with E-state index in [1.807, 2.05) is 56.3 Å². The lowest BCUT2D eigenvalue weighted by atomic mass is 10.1. The highest BCUT2D eigenvalue weighted by Gasteiger charge is 2.10. The predicted molar refractivity (Wildman–Crippen MR) is 122 cm³/mol. The van der Waals surface area contributed by atoms with E-state index in [1.165, 1.54) is 5.39 Å². The van der Waals surface area contributed by atoms with Gasteiger partial charge in [-0.1, -0.05) is 30.3 Å². The van der Waals surface area contributed by atoms with Crippen LogP contribution in [0.25, 0.3) is 33.3 Å². The largest absolute Gasteiger partial charge is 0.507 e. The van der Waals surface area contributed by atoms with Gasteiger partial charge in [-0.05, 0) is 78.2 Å². The number of benzene rings is 4. The SMILES string of the molecule is Cc1cc(O)c(C=Nc2ccc3oc(-c4ccc5ccccc5c4)nc3c2)cc1C. The Bertz CT molecular complexity index is 1430. The third-order valence-electron chi connectivity index (χ3n) is 5.36. The van der Waals surface area contributed by atoms with Crippen molar-refractivity contribution < 1.29 is 9.52 Å². The van der Waals surface area contributed by atoms with Crippen LogP contribution in [0.15, 0.2) is 82.2 Å². The second kappa shape index (κ2) is 7.16. The van der Waals surface area contributed by atoms with Crippen molar-refractivity contribution in [1.82, 2.24) is 4.98 Å². The summed E-state index contributed by atoms with van der Waals surface area (Å²) in [7, 11) is 0. The third-order valence-corrected chi connectivity index (χ3v) is 5.36. The van der Waals surface area contributed by atoms with Crippen molar-refractivity contribution in [3.63, 3.8) is 0 Å². The lowest BCUT2D eigenvalue weighted by Crippen LogP contribution is -1.87. The van der Waals surface area contributed by atoms with E-state index in [1.54, 1.807) is 12.3 Å². The van der Waals surface area contributed by atoms with Crippen molar-refractivity contribution in [2.24, 2.45) is 4.99 Å². The molecule has 4 nitrogen and oxygen atoms in total. The molecule has 1 heterocycles. The molecule has 1 N–H and O–H groups in total. The van der Waals surface area contributed by atoms with Gasteiger partial charge in [-0.25, -0.2) is 4.98 Å². The van der Waals surface area contributed by atoms with Crippen molar-refractivity contribution in [1.29, 1.82) is 0 Å². The van der Waals surface area contributed by atoms with Crippen molar-refractivity contribution in [3.8, 4) is 17.2 Å². The molecule has 0 spiro atoms. The molecule has 0 amide bonds. The smallest absolute Gasteiger partial charge is 0.227 e. The van der Waals surface area contributed by atoms with E-state index in [-0.39, 0.29) is 5.75 Å². The van der Waals surface area contributed by atoms with Crippen molar-refractivity contribution >= 4 is 33.8 Å². The van der Waals surface area contributed by atoms with Crippen molar-refractivity contribution in [2.45, 2.75) is 13.8 Å². The first-order valence-corrected chi connectivity index (χ1v) is 9.81. The fourth-order valence-electron chi connectivity index (χ4n) is 3.51. The van der Waals surface area contributed by atoms with Gasteiger partial charge in [0.2, 0.25) is 5.89 Å². The Hall–Kier alpha value is -3.92. The first kappa shape index (κ1) is 18.1. The van der Waals surface area contributed by atoms with Crippen LogP contribution in [-0.2, 0) is 0 Å². The number of hydrogen-bond donors (Lipinski definition) is 1. The highest BCUT2D eigenvalue weighted by molar-refractivity contribution is 5.89. The molecule has 0 unspecified atom stereocenters. The van der Waals surface area contributed by atoms with Crippen LogP contribution in [0.4, 0.5) is 5.69 Å². The summed E-state index contributed by atoms with van der Waals surface area (Å²) >= 11 is 0. The van der Waals surface area contributed by atoms with Crippen LogP contribution in [0.3, 0.4) is 0 Å². The summed E-state index contributed by atoms with van der Waals surface area (Å²) in [5, 5.41) is 12.5. The van der Waals surface area contributed by atoms with Crippen LogP contribution < -0.4 is 0 Å². The zero-order chi connectivity index (χ0) is 20.7. The average Bonchev–Trinajstić information content (AvgIpc) is 3.18. The molecule has 5 aromatic rings. The Morgan fingerprint density at radius 1 is 0.867 bits per heavy atom. The molecule has 5 rings (SSSR count). The molecular formula is C26H20N2O2. The van der Waals surface area contributed by atoms with Crippen LogP contribution in [0.5, 0.6) is 5.75 Å². The summed E-state index contributed by atoms with van der Waals surface area (Å²) in [6, 6.07) is 23.7. The maximum absolute atomic E-state index is 10.2. The van der Waals surface area contributed by atoms with Crippen molar-refractivity contribution in [2.75, 3.05) is 0 Å². The number of nitrogens with zero attached hydrogens (tertiary/aromatic N) is 2. The lowest BCUT2D eigenvalue weighted by molar-refractivity contribution is 0.474. The molecule has 0 fully saturated rings. The first-order valence-electron chi connectivity index (χ1n) is 9.81. The minimum Gasteiger partial charge on any atom is -0.507 e. The number of phenolic OH excluding ortho intramolecular Hbond substituents is 1. The number of aromatic hydroxyl groups is 1. The summed E-state index contributed by atoms with van der Waals surface area (Å²) in [6.45, 7) is 3.99. The Balaban J connectivity index is 1.48. The minimum atomic E-state index is 0.225. The Labute approximate surface area is 174 Å². The minimum absolute atomic E-state index is 0.225. The van der Waals surface area contributed by atoms with E-state index in [0.29, 0.717) is 17.0 Å². The van der Waals surface area contributed by atoms with E-state index in [9.17, 15) is 5.11 Å². The molecule has 0 bridgehead atoms. The number of hydrogen-bond acceptors (Lipinski definition) is 4. The van der Waals surface area contributed by atoms with Crippen LogP contribution in [0, 0.1) is 13.8 Å². The van der Waals surface area contributed by atoms with E-state index < -0.39 is 0 Å². The highest BCUT2D eigenvalue weighted by Crippen LogP contribution is 2.29. The predicted octanol–water partition coefficient (Wildman–Crippen LogP) is 6.72. The van der Waals surface area contributed by atoms with Gasteiger partial charge in [0, 0.05) is 17.3 Å². The van der Waals surface area contributed by atoms with Gasteiger partial charge in [-0.2, -0.15) is 0 Å². The number of fused-ring (bicyclic) bond motifs is 2. The zero-order valence-corrected chi connectivity index (χ0v) is 16.8. The standard InChI is InChI=1S/C26H20N2O2/c1-16-11-21(24(29)12-17(16)2)15-27-22-9-10-25-23(14-22)28-26(30-25)20-8-7-18-5-3-4-6-19(18)13-20/h3-15,29H,1-2H3. The summed E-state index contributed by atoms with van der Waals surface area (Å²) < 4.78 is 5.97. The van der Waals surface area contributed by atoms with Crippen LogP contribution >= 0.6 is 0 Å². The molecule has 0 aliphatic carbocycles. The average molecular weight is 392 g/mol. The highest BCUT2D eigenvalue weighted by atomic mass is 16.3. The number of phenols is 1. The van der Waals surface area contributed by atoms with Gasteiger partial charge in [0.25, 0.3) is 0 Å². The van der Waals surface area contributed by atoms with E-state index >= 15 is 0 Å². The molecule has 30 heavy (non-hydrogen) atoms. The van der Waals surface area contributed by atoms with Gasteiger partial charge < -0.3 is 9.52 Å². The van der Waals surface area contributed by atoms with E-state index in [0.717, 1.165) is 33.3 Å². The van der Waals surface area contributed by atoms with E-state index in [2.05, 4.69) is 34.2 Å². The number of oxazole rings is 1. The van der Waals surface area contributed by atoms with Crippen LogP contribution in [-0.4, -0.2) is 16.3 Å². The molecule has 4 heteroatoms. The number of rotatable bonds is 3. The molecule has 1 aromatic heterocycles. The second-order valence-electron chi connectivity index (χ2n) is 7.49. The second-order valence-corrected chi connectivity index (χ2v) is 7.49. The lowest BCUT2D eigenvalue weighted by Gasteiger charge is -2.04. The van der Waals surface area contributed by atoms with Crippen LogP contribution in [0.1, 0.15) is 16.7 Å². The Morgan fingerprint density at radius 2 is 1.67 bits per heavy atom. The summed E-state index contributed by atoms with van der Waals surface area (Å²) in [6.07, 6.45) is 1.67. The number of aromatic nitrogens is 1. The molecule has 146 valence electrons. The van der Waals surface area contributed by atoms with Gasteiger partial charge in [-0.3, -0.25) is 4.99 Å². The van der Waals surface area contributed by atoms with Gasteiger partial charge in [0.05, 0.1) is 5.69 Å². The monoisotopic (exact) mass is 392 g/mol. The van der Waals surface area contributed by atoms with Gasteiger partial charge >= 0.3 is 0 Å². The normalized spacial score (nSPS) is 11.7. The molecule has 0 saturated heterocycles. The maximum Gasteiger partial charge on any atom is 0.227 e. The quantitative estimate of drug-likeness (QED) is 0.347. The maximum atomic E-state index is 10.2. The third kappa shape index (κ3) is 3.33. The van der Waals surface area contributed by atoms with Gasteiger partial charge in [0.1, 0.15) is 11.3 Å². The summed E-state index contributed by atoms with van der Waals surface area (Å²) in [5.74, 6) is 0.812. The van der Waals surface area contributed by atoms with Crippen molar-refractivity contribution in [3.05, 3.63) is 89.5 Å². The molecular weight excluding hydrogens is 372 g/mol. The van der Waals surface area contributed by atoms with Gasteiger partial charge in [-0.15, -0.1) is 0 Å². The Morgan fingerprint density at radius 3 is 2.53 bits per heavy atom. The Kier molecular flexibility index (Phi) is 4.32. The fraction of sp³-hybridized carbons (Fsp3) is 0.0769. The number of aryl methyl sites for hydroxylation is 2. The molecule has 0 saturated carbocycles. The molecule has 0 radical (unpaired) electrons. The zero-order valence-electron chi connectivity index (χ0n) is 16.8. The molecule has 0 atom stereocenters. The van der Waals surface area contributed by atoms with Crippen LogP contribution in [0.2, 0.25) is 0 Å². The van der Waals surface area contributed by atoms with E-state index in [4.69, 9.17) is 4.42 Å². The summed E-state index contributed by atoms with van der Waals surface area (Å²) in [5.41, 5.74) is 6.00. The molecule has 0 aliphatic heterocycles. The fourth-order valence-corrected chi connectivity index (χ4v) is 3.51. The number of aliphatic imine (C=N–C) groups is 1. The molecule has 4 aromatic carbocycles. The van der Waals surface area contributed by atoms with Gasteiger partial charge in [0.15, 0.2) is 5.58 Å². The first-order chi connectivity index (χ1) is 14.6.